The van der Waals surface area contributed by atoms with Crippen molar-refractivity contribution in [3.8, 4) is 0 Å². The van der Waals surface area contributed by atoms with E-state index in [0.29, 0.717) is 5.92 Å². The van der Waals surface area contributed by atoms with E-state index in [1.807, 2.05) is 0 Å². The van der Waals surface area contributed by atoms with E-state index in [2.05, 4.69) is 25.9 Å². The average Bonchev–Trinajstić information content (AvgIpc) is 2.35. The highest BCUT2D eigenvalue weighted by Gasteiger charge is 2.41. The van der Waals surface area contributed by atoms with Crippen LogP contribution in [-0.2, 0) is 4.74 Å². The Balaban J connectivity index is 2.68. The molecule has 0 aliphatic heterocycles. The van der Waals surface area contributed by atoms with Gasteiger partial charge in [-0.1, -0.05) is 26.2 Å². The topological polar surface area (TPSA) is 38.5 Å². The lowest BCUT2D eigenvalue weighted by Gasteiger charge is -2.49. The Bertz CT molecular complexity index is 212. The number of hydrogen-bond donors (Lipinski definition) is 1. The number of nitrogens with zero attached hydrogens (tertiary/aromatic N) is 1. The van der Waals surface area contributed by atoms with E-state index in [0.717, 1.165) is 13.0 Å². The van der Waals surface area contributed by atoms with Crippen molar-refractivity contribution in [2.24, 2.45) is 11.7 Å². The summed E-state index contributed by atoms with van der Waals surface area (Å²) < 4.78 is 5.17. The molecule has 2 unspecified atom stereocenters. The van der Waals surface area contributed by atoms with Crippen LogP contribution in [0.3, 0.4) is 0 Å². The molecule has 0 aromatic carbocycles. The highest BCUT2D eigenvalue weighted by atomic mass is 16.5. The first-order chi connectivity index (χ1) is 8.04. The van der Waals surface area contributed by atoms with Gasteiger partial charge in [-0.05, 0) is 39.3 Å². The Hall–Kier alpha value is -0.120. The van der Waals surface area contributed by atoms with Gasteiger partial charge in [0.25, 0.3) is 0 Å². The van der Waals surface area contributed by atoms with Crippen molar-refractivity contribution in [2.75, 3.05) is 27.8 Å². The summed E-state index contributed by atoms with van der Waals surface area (Å²) >= 11 is 0. The van der Waals surface area contributed by atoms with Crippen LogP contribution in [0.2, 0.25) is 0 Å². The van der Waals surface area contributed by atoms with Gasteiger partial charge in [-0.2, -0.15) is 0 Å². The van der Waals surface area contributed by atoms with Crippen LogP contribution in [0.25, 0.3) is 0 Å². The largest absolute Gasteiger partial charge is 0.385 e. The molecule has 2 N–H and O–H groups in total. The second-order valence-corrected chi connectivity index (χ2v) is 5.84. The second kappa shape index (κ2) is 6.72. The second-order valence-electron chi connectivity index (χ2n) is 5.84. The molecule has 0 bridgehead atoms. The molecule has 1 saturated carbocycles. The van der Waals surface area contributed by atoms with Crippen molar-refractivity contribution >= 4 is 0 Å². The quantitative estimate of drug-likeness (QED) is 0.776. The van der Waals surface area contributed by atoms with Gasteiger partial charge in [-0.3, -0.25) is 0 Å². The monoisotopic (exact) mass is 242 g/mol. The highest BCUT2D eigenvalue weighted by Crippen LogP contribution is 2.37. The number of methoxy groups -OCH3 is 1. The number of ether oxygens (including phenoxy) is 1. The van der Waals surface area contributed by atoms with E-state index in [1.165, 1.54) is 32.1 Å². The molecular weight excluding hydrogens is 212 g/mol. The molecule has 0 radical (unpaired) electrons. The van der Waals surface area contributed by atoms with E-state index >= 15 is 0 Å². The molecule has 1 rings (SSSR count). The normalized spacial score (nSPS) is 23.6. The van der Waals surface area contributed by atoms with Crippen molar-refractivity contribution in [3.05, 3.63) is 0 Å². The van der Waals surface area contributed by atoms with E-state index in [-0.39, 0.29) is 11.6 Å². The summed E-state index contributed by atoms with van der Waals surface area (Å²) in [5.74, 6) is 0.524. The lowest BCUT2D eigenvalue weighted by Crippen LogP contribution is -2.60. The summed E-state index contributed by atoms with van der Waals surface area (Å²) in [4.78, 5) is 2.38. The van der Waals surface area contributed by atoms with Crippen LogP contribution in [0.15, 0.2) is 0 Å². The predicted molar refractivity (Wildman–Crippen MR) is 73.1 cm³/mol. The summed E-state index contributed by atoms with van der Waals surface area (Å²) in [6.07, 6.45) is 7.57. The van der Waals surface area contributed by atoms with Gasteiger partial charge in [-0.25, -0.2) is 0 Å². The van der Waals surface area contributed by atoms with Crippen molar-refractivity contribution < 1.29 is 4.74 Å². The zero-order chi connectivity index (χ0) is 12.9. The Morgan fingerprint density at radius 1 is 1.24 bits per heavy atom. The molecule has 1 fully saturated rings. The van der Waals surface area contributed by atoms with Gasteiger partial charge in [-0.15, -0.1) is 0 Å². The Kier molecular flexibility index (Phi) is 5.90. The number of likely N-dealkylation sites (N-methyl/N-ethyl adjacent to an activating group) is 1. The third kappa shape index (κ3) is 3.43. The van der Waals surface area contributed by atoms with E-state index < -0.39 is 0 Å². The maximum atomic E-state index is 6.57. The fourth-order valence-electron chi connectivity index (χ4n) is 3.26. The van der Waals surface area contributed by atoms with E-state index in [1.54, 1.807) is 7.11 Å². The summed E-state index contributed by atoms with van der Waals surface area (Å²) in [5, 5.41) is 0. The highest BCUT2D eigenvalue weighted by molar-refractivity contribution is 5.00. The SMILES string of the molecule is COCCC(C)C(N)C1(N(C)C)CCCCC1. The zero-order valence-corrected chi connectivity index (χ0v) is 12.0. The van der Waals surface area contributed by atoms with E-state index in [9.17, 15) is 0 Å². The van der Waals surface area contributed by atoms with Gasteiger partial charge < -0.3 is 15.4 Å². The Labute approximate surface area is 107 Å². The van der Waals surface area contributed by atoms with Crippen LogP contribution < -0.4 is 5.73 Å². The van der Waals surface area contributed by atoms with Crippen molar-refractivity contribution in [1.29, 1.82) is 0 Å². The molecule has 1 aliphatic rings. The molecule has 17 heavy (non-hydrogen) atoms. The van der Waals surface area contributed by atoms with Gasteiger partial charge in [0.2, 0.25) is 0 Å². The van der Waals surface area contributed by atoms with Gasteiger partial charge in [0.05, 0.1) is 0 Å². The Morgan fingerprint density at radius 3 is 2.29 bits per heavy atom. The smallest absolute Gasteiger partial charge is 0.0465 e. The predicted octanol–water partition coefficient (Wildman–Crippen LogP) is 2.25. The minimum atomic E-state index is 0.214. The lowest BCUT2D eigenvalue weighted by atomic mass is 9.71. The standard InChI is InChI=1S/C14H30N2O/c1-12(8-11-17-4)13(15)14(16(2)3)9-6-5-7-10-14/h12-13H,5-11,15H2,1-4H3. The molecule has 0 amide bonds. The third-order valence-electron chi connectivity index (χ3n) is 4.62. The number of rotatable bonds is 6. The van der Waals surface area contributed by atoms with E-state index in [4.69, 9.17) is 10.5 Å². The molecule has 0 heterocycles. The van der Waals surface area contributed by atoms with Crippen LogP contribution in [0, 0.1) is 5.92 Å². The number of nitrogens with two attached hydrogens (primary N) is 1. The molecular formula is C14H30N2O. The summed E-state index contributed by atoms with van der Waals surface area (Å²) in [5.41, 5.74) is 6.79. The van der Waals surface area contributed by atoms with Gasteiger partial charge in [0, 0.05) is 25.3 Å². The maximum absolute atomic E-state index is 6.57. The van der Waals surface area contributed by atoms with Gasteiger partial charge in [0.1, 0.15) is 0 Å². The molecule has 3 heteroatoms. The molecule has 0 aromatic heterocycles. The summed E-state index contributed by atoms with van der Waals surface area (Å²) in [7, 11) is 6.14. The first kappa shape index (κ1) is 14.9. The first-order valence-electron chi connectivity index (χ1n) is 6.96. The Morgan fingerprint density at radius 2 is 1.82 bits per heavy atom. The van der Waals surface area contributed by atoms with Crippen LogP contribution in [-0.4, -0.2) is 44.3 Å². The fraction of sp³-hybridized carbons (Fsp3) is 1.00. The molecule has 0 spiro atoms. The van der Waals surface area contributed by atoms with Gasteiger partial charge in [0.15, 0.2) is 0 Å². The average molecular weight is 242 g/mol. The molecule has 2 atom stereocenters. The molecule has 102 valence electrons. The van der Waals surface area contributed by atoms with Crippen LogP contribution in [0.1, 0.15) is 45.4 Å². The third-order valence-corrected chi connectivity index (χ3v) is 4.62. The molecule has 3 nitrogen and oxygen atoms in total. The van der Waals surface area contributed by atoms with Crippen molar-refractivity contribution in [1.82, 2.24) is 4.90 Å². The maximum Gasteiger partial charge on any atom is 0.0465 e. The minimum Gasteiger partial charge on any atom is -0.385 e. The van der Waals surface area contributed by atoms with Crippen molar-refractivity contribution in [3.63, 3.8) is 0 Å². The van der Waals surface area contributed by atoms with Crippen molar-refractivity contribution in [2.45, 2.75) is 57.0 Å². The minimum absolute atomic E-state index is 0.214. The number of hydrogen-bond acceptors (Lipinski definition) is 3. The molecule has 1 aliphatic carbocycles. The zero-order valence-electron chi connectivity index (χ0n) is 12.0. The fourth-order valence-corrected chi connectivity index (χ4v) is 3.26. The summed E-state index contributed by atoms with van der Waals surface area (Å²) in [6, 6.07) is 0.257. The lowest BCUT2D eigenvalue weighted by molar-refractivity contribution is 0.0447. The summed E-state index contributed by atoms with van der Waals surface area (Å²) in [6.45, 7) is 3.09. The van der Waals surface area contributed by atoms with Crippen LogP contribution in [0.4, 0.5) is 0 Å². The molecule has 0 aromatic rings. The molecule has 0 saturated heterocycles. The van der Waals surface area contributed by atoms with Crippen LogP contribution >= 0.6 is 0 Å². The first-order valence-corrected chi connectivity index (χ1v) is 6.96. The van der Waals surface area contributed by atoms with Gasteiger partial charge >= 0.3 is 0 Å². The van der Waals surface area contributed by atoms with Crippen LogP contribution in [0.5, 0.6) is 0 Å².